The van der Waals surface area contributed by atoms with Gasteiger partial charge in [-0.1, -0.05) is 31.2 Å². The maximum atomic E-state index is 9.57. The largest absolute Gasteiger partial charge is 0.505 e. The van der Waals surface area contributed by atoms with Crippen molar-refractivity contribution in [3.8, 4) is 5.75 Å². The molecule has 0 saturated carbocycles. The highest BCUT2D eigenvalue weighted by molar-refractivity contribution is 6.89. The van der Waals surface area contributed by atoms with Gasteiger partial charge in [0.05, 0.1) is 8.07 Å². The van der Waals surface area contributed by atoms with E-state index in [1.165, 1.54) is 0 Å². The van der Waals surface area contributed by atoms with Crippen LogP contribution in [0.3, 0.4) is 0 Å². The van der Waals surface area contributed by atoms with Gasteiger partial charge in [0, 0.05) is 6.20 Å². The third-order valence-electron chi connectivity index (χ3n) is 1.69. The van der Waals surface area contributed by atoms with Gasteiger partial charge in [-0.15, -0.1) is 0 Å². The van der Waals surface area contributed by atoms with Crippen LogP contribution in [0.1, 0.15) is 0 Å². The molecule has 0 saturated heterocycles. The zero-order chi connectivity index (χ0) is 9.35. The van der Waals surface area contributed by atoms with Crippen molar-refractivity contribution < 1.29 is 5.11 Å². The molecule has 1 N–H and O–H groups in total. The molecule has 4 heteroatoms. The van der Waals surface area contributed by atoms with Gasteiger partial charge in [0.2, 0.25) is 0 Å². The van der Waals surface area contributed by atoms with Crippen LogP contribution in [0.2, 0.25) is 24.8 Å². The Bertz CT molecular complexity index is 296. The van der Waals surface area contributed by atoms with Crippen molar-refractivity contribution in [3.63, 3.8) is 0 Å². The van der Waals surface area contributed by atoms with Crippen molar-refractivity contribution in [2.24, 2.45) is 0 Å². The topological polar surface area (TPSA) is 33.1 Å². The zero-order valence-corrected chi connectivity index (χ0v) is 9.18. The van der Waals surface area contributed by atoms with Crippen molar-refractivity contribution >= 4 is 24.9 Å². The Morgan fingerprint density at radius 1 is 1.42 bits per heavy atom. The van der Waals surface area contributed by atoms with Crippen molar-refractivity contribution in [3.05, 3.63) is 17.4 Å². The second-order valence-electron chi connectivity index (χ2n) is 3.75. The van der Waals surface area contributed by atoms with Gasteiger partial charge in [-0.3, -0.25) is 0 Å². The summed E-state index contributed by atoms with van der Waals surface area (Å²) in [5.74, 6) is 0.151. The molecule has 1 heterocycles. The molecule has 1 aromatic rings. The molecule has 0 spiro atoms. The summed E-state index contributed by atoms with van der Waals surface area (Å²) in [7, 11) is -1.48. The average molecular weight is 202 g/mol. The lowest BCUT2D eigenvalue weighted by atomic mass is 10.5. The highest BCUT2D eigenvalue weighted by Crippen LogP contribution is 2.20. The zero-order valence-electron chi connectivity index (χ0n) is 7.43. The number of aromatic hydroxyl groups is 1. The molecule has 0 fully saturated rings. The third-order valence-corrected chi connectivity index (χ3v) is 3.98. The van der Waals surface area contributed by atoms with Gasteiger partial charge in [-0.05, 0) is 11.3 Å². The summed E-state index contributed by atoms with van der Waals surface area (Å²) in [5.41, 5.74) is 0. The fraction of sp³-hybridized carbons (Fsp3) is 0.375. The molecule has 0 atom stereocenters. The monoisotopic (exact) mass is 201 g/mol. The van der Waals surface area contributed by atoms with E-state index >= 15 is 0 Å². The van der Waals surface area contributed by atoms with Crippen LogP contribution in [0, 0.1) is 0 Å². The summed E-state index contributed by atoms with van der Waals surface area (Å²) in [4.78, 5) is 3.79. The molecule has 0 amide bonds. The van der Waals surface area contributed by atoms with Gasteiger partial charge < -0.3 is 5.11 Å². The summed E-state index contributed by atoms with van der Waals surface area (Å²) < 4.78 is 0. The van der Waals surface area contributed by atoms with Crippen LogP contribution in [0.5, 0.6) is 5.75 Å². The number of halogens is 1. The third kappa shape index (κ3) is 1.79. The normalized spacial score (nSPS) is 11.7. The first kappa shape index (κ1) is 9.54. The van der Waals surface area contributed by atoms with Gasteiger partial charge in [0.25, 0.3) is 0 Å². The van der Waals surface area contributed by atoms with Crippen LogP contribution in [0.4, 0.5) is 0 Å². The van der Waals surface area contributed by atoms with Gasteiger partial charge >= 0.3 is 0 Å². The van der Waals surface area contributed by atoms with Crippen molar-refractivity contribution in [2.45, 2.75) is 19.6 Å². The average Bonchev–Trinajstić information content (AvgIpc) is 1.92. The second kappa shape index (κ2) is 3.07. The minimum Gasteiger partial charge on any atom is -0.505 e. The number of aromatic nitrogens is 1. The molecular formula is C8H12ClNOSi. The van der Waals surface area contributed by atoms with Crippen LogP contribution < -0.4 is 5.19 Å². The molecule has 2 nitrogen and oxygen atoms in total. The van der Waals surface area contributed by atoms with Crippen molar-refractivity contribution in [1.29, 1.82) is 0 Å². The molecule has 12 heavy (non-hydrogen) atoms. The van der Waals surface area contributed by atoms with Crippen LogP contribution >= 0.6 is 11.6 Å². The first-order valence-corrected chi connectivity index (χ1v) is 7.64. The maximum Gasteiger partial charge on any atom is 0.170 e. The molecule has 0 aliphatic carbocycles. The van der Waals surface area contributed by atoms with Gasteiger partial charge in [0.1, 0.15) is 0 Å². The van der Waals surface area contributed by atoms with Gasteiger partial charge in [-0.2, -0.15) is 0 Å². The first-order chi connectivity index (χ1) is 5.43. The molecule has 1 rings (SSSR count). The highest BCUT2D eigenvalue weighted by Gasteiger charge is 2.21. The fourth-order valence-electron chi connectivity index (χ4n) is 1.03. The van der Waals surface area contributed by atoms with Crippen LogP contribution in [0.15, 0.2) is 12.3 Å². The smallest absolute Gasteiger partial charge is 0.170 e. The van der Waals surface area contributed by atoms with E-state index in [4.69, 9.17) is 11.6 Å². The highest BCUT2D eigenvalue weighted by atomic mass is 35.5. The molecule has 0 unspecified atom stereocenters. The Balaban J connectivity index is 3.26. The van der Waals surface area contributed by atoms with E-state index in [0.29, 0.717) is 0 Å². The molecule has 0 radical (unpaired) electrons. The van der Waals surface area contributed by atoms with Crippen LogP contribution in [-0.2, 0) is 0 Å². The first-order valence-electron chi connectivity index (χ1n) is 3.77. The van der Waals surface area contributed by atoms with E-state index in [2.05, 4.69) is 24.6 Å². The summed E-state index contributed by atoms with van der Waals surface area (Å²) in [5, 5.41) is 10.7. The van der Waals surface area contributed by atoms with E-state index in [9.17, 15) is 5.11 Å². The Kier molecular flexibility index (Phi) is 2.44. The lowest BCUT2D eigenvalue weighted by Crippen LogP contribution is -2.37. The summed E-state index contributed by atoms with van der Waals surface area (Å²) in [6.07, 6.45) is 1.63. The second-order valence-corrected chi connectivity index (χ2v) is 9.14. The number of nitrogens with zero attached hydrogens (tertiary/aromatic N) is 1. The van der Waals surface area contributed by atoms with Crippen molar-refractivity contribution in [2.75, 3.05) is 0 Å². The number of hydrogen-bond acceptors (Lipinski definition) is 2. The standard InChI is InChI=1S/C8H12ClNOSi/c1-12(2,3)6-4-5-10-8(9)7(6)11/h4-5,11H,1-3H3. The van der Waals surface area contributed by atoms with Crippen molar-refractivity contribution in [1.82, 2.24) is 4.98 Å². The number of rotatable bonds is 1. The van der Waals surface area contributed by atoms with Crippen LogP contribution in [-0.4, -0.2) is 18.2 Å². The number of pyridine rings is 1. The lowest BCUT2D eigenvalue weighted by Gasteiger charge is -2.17. The molecule has 0 bridgehead atoms. The van der Waals surface area contributed by atoms with E-state index in [-0.39, 0.29) is 10.9 Å². The fourth-order valence-corrected chi connectivity index (χ4v) is 2.67. The quantitative estimate of drug-likeness (QED) is 0.557. The molecule has 0 aliphatic heterocycles. The maximum absolute atomic E-state index is 9.57. The minimum atomic E-state index is -1.48. The van der Waals surface area contributed by atoms with E-state index in [1.807, 2.05) is 6.07 Å². The molecule has 66 valence electrons. The van der Waals surface area contributed by atoms with Gasteiger partial charge in [0.15, 0.2) is 10.9 Å². The predicted molar refractivity (Wildman–Crippen MR) is 53.9 cm³/mol. The molecular weight excluding hydrogens is 190 g/mol. The molecule has 0 aliphatic rings. The minimum absolute atomic E-state index is 0.151. The summed E-state index contributed by atoms with van der Waals surface area (Å²) in [6, 6.07) is 1.84. The summed E-state index contributed by atoms with van der Waals surface area (Å²) in [6.45, 7) is 6.45. The number of hydrogen-bond donors (Lipinski definition) is 1. The Morgan fingerprint density at radius 2 is 2.00 bits per heavy atom. The Hall–Kier alpha value is -0.543. The van der Waals surface area contributed by atoms with Crippen LogP contribution in [0.25, 0.3) is 0 Å². The molecule has 0 aromatic carbocycles. The van der Waals surface area contributed by atoms with E-state index in [0.717, 1.165) is 5.19 Å². The van der Waals surface area contributed by atoms with Gasteiger partial charge in [-0.25, -0.2) is 4.98 Å². The SMILES string of the molecule is C[Si](C)(C)c1ccnc(Cl)c1O. The molecule has 1 aromatic heterocycles. The lowest BCUT2D eigenvalue weighted by molar-refractivity contribution is 0.477. The Labute approximate surface area is 78.2 Å². The summed E-state index contributed by atoms with van der Waals surface area (Å²) >= 11 is 5.68. The van der Waals surface area contributed by atoms with E-state index in [1.54, 1.807) is 6.20 Å². The Morgan fingerprint density at radius 3 is 2.42 bits per heavy atom. The predicted octanol–water partition coefficient (Wildman–Crippen LogP) is 1.99. The van der Waals surface area contributed by atoms with E-state index < -0.39 is 8.07 Å².